The SMILES string of the molecule is COc1cc(S(C)(=O)=O)ccc1NCC#Cc1cc2c(NC3CCN(c4cccnc4)CC3)cccc2n1CC(F)(F)F.COc1cc(S(C)(=O)=O)ccc1NCC#Cc1cc2c(NC3CCN(c4cccnc4)CC3)cccc2n1CC(F)(F)F. The Morgan fingerprint density at radius 1 is 0.535 bits per heavy atom. The molecule has 4 aromatic carbocycles. The van der Waals surface area contributed by atoms with E-state index in [1.165, 1.54) is 47.6 Å². The molecule has 2 saturated heterocycles. The molecule has 0 radical (unpaired) electrons. The maximum Gasteiger partial charge on any atom is 0.406 e. The molecule has 0 spiro atoms. The topological polar surface area (TPSA) is 177 Å². The van der Waals surface area contributed by atoms with Gasteiger partial charge in [0.25, 0.3) is 0 Å². The molecule has 4 N–H and O–H groups in total. The molecular weight excluding hydrogens is 1160 g/mol. The van der Waals surface area contributed by atoms with Crippen molar-refractivity contribution in [1.29, 1.82) is 0 Å². The Bertz CT molecular complexity index is 3770. The fourth-order valence-electron chi connectivity index (χ4n) is 10.5. The molecule has 2 fully saturated rings. The van der Waals surface area contributed by atoms with E-state index in [-0.39, 0.29) is 46.4 Å². The van der Waals surface area contributed by atoms with Crippen molar-refractivity contribution in [2.75, 3.05) is 97.1 Å². The van der Waals surface area contributed by atoms with Gasteiger partial charge in [-0.15, -0.1) is 0 Å². The van der Waals surface area contributed by atoms with E-state index in [0.29, 0.717) is 44.7 Å². The minimum Gasteiger partial charge on any atom is -0.495 e. The van der Waals surface area contributed by atoms with Crippen LogP contribution in [-0.4, -0.2) is 126 Å². The average Bonchev–Trinajstić information content (AvgIpc) is 2.02. The van der Waals surface area contributed by atoms with Crippen LogP contribution < -0.4 is 40.5 Å². The summed E-state index contributed by atoms with van der Waals surface area (Å²) in [5, 5.41) is 14.6. The van der Waals surface area contributed by atoms with Crippen LogP contribution in [0.25, 0.3) is 21.8 Å². The number of rotatable bonds is 16. The first-order valence-corrected chi connectivity index (χ1v) is 31.2. The van der Waals surface area contributed by atoms with Gasteiger partial charge in [-0.2, -0.15) is 26.3 Å². The molecule has 0 aliphatic carbocycles. The summed E-state index contributed by atoms with van der Waals surface area (Å²) in [6, 6.07) is 31.1. The Kier molecular flexibility index (Phi) is 19.2. The lowest BCUT2D eigenvalue weighted by molar-refractivity contribution is -0.140. The van der Waals surface area contributed by atoms with Gasteiger partial charge in [-0.25, -0.2) is 16.8 Å². The first-order valence-electron chi connectivity index (χ1n) is 27.5. The monoisotopic (exact) mass is 1220 g/mol. The number of alkyl halides is 6. The number of piperidine rings is 2. The standard InChI is InChI=1S/2C31H32F3N5O3S/c2*1-42-30-19-25(43(2,40)41)10-11-28(30)36-15-5-6-23-18-26-27(8-3-9-29(26)39(23)21-31(32,33)34)37-22-12-16-38(17-13-22)24-7-4-14-35-20-24/h2*3-4,7-11,14,18-20,22,36-37H,12-13,15-17,21H2,1-2H3. The van der Waals surface area contributed by atoms with Gasteiger partial charge in [-0.05, 0) is 122 Å². The fraction of sp³-hybridized carbons (Fsp3) is 0.323. The third-order valence-corrected chi connectivity index (χ3v) is 16.9. The Hall–Kier alpha value is -8.74. The summed E-state index contributed by atoms with van der Waals surface area (Å²) in [5.41, 5.74) is 6.12. The van der Waals surface area contributed by atoms with Gasteiger partial charge >= 0.3 is 12.4 Å². The molecule has 0 amide bonds. The first kappa shape index (κ1) is 61.8. The molecular formula is C62H64F6N10O6S2. The van der Waals surface area contributed by atoms with Crippen LogP contribution in [0.2, 0.25) is 0 Å². The van der Waals surface area contributed by atoms with Crippen molar-refractivity contribution in [1.82, 2.24) is 19.1 Å². The summed E-state index contributed by atoms with van der Waals surface area (Å²) in [6.07, 6.45) is 4.04. The van der Waals surface area contributed by atoms with Crippen molar-refractivity contribution in [3.8, 4) is 35.2 Å². The molecule has 0 atom stereocenters. The normalized spacial score (nSPS) is 14.3. The average molecular weight is 1220 g/mol. The Balaban J connectivity index is 0.000000205. The number of hydrogen-bond donors (Lipinski definition) is 4. The summed E-state index contributed by atoms with van der Waals surface area (Å²) in [4.78, 5) is 13.2. The molecule has 452 valence electrons. The molecule has 2 aliphatic heterocycles. The zero-order valence-corrected chi connectivity index (χ0v) is 49.2. The van der Waals surface area contributed by atoms with Crippen LogP contribution in [0.1, 0.15) is 37.1 Å². The number of aromatic nitrogens is 4. The minimum absolute atomic E-state index is 0.0999. The van der Waals surface area contributed by atoms with Crippen molar-refractivity contribution in [2.24, 2.45) is 0 Å². The number of nitrogens with one attached hydrogen (secondary N) is 4. The lowest BCUT2D eigenvalue weighted by Crippen LogP contribution is -2.39. The van der Waals surface area contributed by atoms with Crippen LogP contribution in [0.5, 0.6) is 11.5 Å². The maximum absolute atomic E-state index is 13.6. The van der Waals surface area contributed by atoms with Gasteiger partial charge in [0.1, 0.15) is 24.6 Å². The number of halogens is 6. The molecule has 6 heterocycles. The van der Waals surface area contributed by atoms with Gasteiger partial charge in [-0.3, -0.25) is 9.97 Å². The van der Waals surface area contributed by atoms with Gasteiger partial charge in [0.2, 0.25) is 0 Å². The summed E-state index contributed by atoms with van der Waals surface area (Å²) >= 11 is 0. The number of nitrogens with zero attached hydrogens (tertiary/aromatic N) is 6. The summed E-state index contributed by atoms with van der Waals surface area (Å²) in [6.45, 7) is 1.26. The zero-order chi connectivity index (χ0) is 61.2. The minimum atomic E-state index is -4.43. The highest BCUT2D eigenvalue weighted by Crippen LogP contribution is 2.35. The third-order valence-electron chi connectivity index (χ3n) is 14.7. The van der Waals surface area contributed by atoms with Gasteiger partial charge in [0.05, 0.1) is 94.7 Å². The lowest BCUT2D eigenvalue weighted by atomic mass is 10.0. The second-order valence-electron chi connectivity index (χ2n) is 20.8. The largest absolute Gasteiger partial charge is 0.495 e. The number of hydrogen-bond acceptors (Lipinski definition) is 14. The van der Waals surface area contributed by atoms with Gasteiger partial charge in [0, 0.05) is 97.4 Å². The number of anilines is 6. The zero-order valence-electron chi connectivity index (χ0n) is 47.6. The predicted octanol–water partition coefficient (Wildman–Crippen LogP) is 11.1. The highest BCUT2D eigenvalue weighted by Gasteiger charge is 2.32. The molecule has 86 heavy (non-hydrogen) atoms. The van der Waals surface area contributed by atoms with E-state index in [2.05, 4.69) is 64.7 Å². The highest BCUT2D eigenvalue weighted by molar-refractivity contribution is 7.91. The van der Waals surface area contributed by atoms with Crippen LogP contribution in [0.15, 0.2) is 144 Å². The Morgan fingerprint density at radius 3 is 1.27 bits per heavy atom. The van der Waals surface area contributed by atoms with Crippen molar-refractivity contribution >= 4 is 75.6 Å². The molecule has 24 heteroatoms. The number of benzene rings is 4. The number of methoxy groups -OCH3 is 2. The molecule has 8 aromatic rings. The van der Waals surface area contributed by atoms with Crippen LogP contribution in [0.4, 0.5) is 60.5 Å². The van der Waals surface area contributed by atoms with E-state index in [9.17, 15) is 43.2 Å². The molecule has 10 rings (SSSR count). The Morgan fingerprint density at radius 2 is 0.930 bits per heavy atom. The maximum atomic E-state index is 13.6. The van der Waals surface area contributed by atoms with E-state index in [0.717, 1.165) is 87.1 Å². The predicted molar refractivity (Wildman–Crippen MR) is 325 cm³/mol. The van der Waals surface area contributed by atoms with Crippen molar-refractivity contribution in [3.63, 3.8) is 0 Å². The molecule has 16 nitrogen and oxygen atoms in total. The van der Waals surface area contributed by atoms with Crippen LogP contribution in [-0.2, 0) is 32.8 Å². The van der Waals surface area contributed by atoms with E-state index in [1.54, 1.807) is 60.9 Å². The Labute approximate surface area is 495 Å². The van der Waals surface area contributed by atoms with Crippen LogP contribution in [0, 0.1) is 23.7 Å². The van der Waals surface area contributed by atoms with E-state index in [4.69, 9.17) is 9.47 Å². The van der Waals surface area contributed by atoms with Gasteiger partial charge in [-0.1, -0.05) is 24.0 Å². The first-order chi connectivity index (χ1) is 41.0. The number of ether oxygens (including phenoxy) is 2. The second kappa shape index (κ2) is 26.7. The molecule has 0 bridgehead atoms. The van der Waals surface area contributed by atoms with Crippen molar-refractivity contribution in [3.05, 3.63) is 145 Å². The smallest absolute Gasteiger partial charge is 0.406 e. The van der Waals surface area contributed by atoms with Gasteiger partial charge < -0.3 is 49.7 Å². The van der Waals surface area contributed by atoms with Gasteiger partial charge in [0.15, 0.2) is 19.7 Å². The highest BCUT2D eigenvalue weighted by atomic mass is 32.2. The van der Waals surface area contributed by atoms with Crippen molar-refractivity contribution < 1.29 is 52.7 Å². The number of fused-ring (bicyclic) bond motifs is 2. The third kappa shape index (κ3) is 16.0. The molecule has 4 aromatic heterocycles. The van der Waals surface area contributed by atoms with Crippen LogP contribution >= 0.6 is 0 Å². The lowest BCUT2D eigenvalue weighted by Gasteiger charge is -2.34. The summed E-state index contributed by atoms with van der Waals surface area (Å²) in [5.74, 6) is 12.2. The summed E-state index contributed by atoms with van der Waals surface area (Å²) < 4.78 is 142. The molecule has 2 aliphatic rings. The fourth-order valence-corrected chi connectivity index (χ4v) is 11.7. The number of pyridine rings is 2. The second-order valence-corrected chi connectivity index (χ2v) is 24.8. The molecule has 0 saturated carbocycles. The van der Waals surface area contributed by atoms with Crippen molar-refractivity contribution in [2.45, 2.75) is 73.0 Å². The quantitative estimate of drug-likeness (QED) is 0.0531. The van der Waals surface area contributed by atoms with E-state index < -0.39 is 45.1 Å². The number of sulfone groups is 2. The molecule has 0 unspecified atom stereocenters. The van der Waals surface area contributed by atoms with E-state index >= 15 is 0 Å². The summed E-state index contributed by atoms with van der Waals surface area (Å²) in [7, 11) is -3.99. The van der Waals surface area contributed by atoms with E-state index in [1.807, 2.05) is 48.8 Å². The van der Waals surface area contributed by atoms with Crippen LogP contribution in [0.3, 0.4) is 0 Å².